The van der Waals surface area contributed by atoms with E-state index in [4.69, 9.17) is 9.84 Å². The fraction of sp³-hybridized carbons (Fsp3) is 0.909. The molecule has 2 heterocycles. The first-order chi connectivity index (χ1) is 8.62. The predicted octanol–water partition coefficient (Wildman–Crippen LogP) is -0.761. The van der Waals surface area contributed by atoms with Crippen molar-refractivity contribution < 1.29 is 20.1 Å². The first kappa shape index (κ1) is 14.1. The van der Waals surface area contributed by atoms with Crippen LogP contribution < -0.4 is 0 Å². The van der Waals surface area contributed by atoms with Crippen LogP contribution in [0.25, 0.3) is 0 Å². The number of hydrogen-bond acceptors (Lipinski definition) is 7. The van der Waals surface area contributed by atoms with Crippen LogP contribution in [0.4, 0.5) is 0 Å². The average molecular weight is 276 g/mol. The number of fused-ring (bicyclic) bond motifs is 1. The molecule has 0 aromatic carbocycles. The van der Waals surface area contributed by atoms with Gasteiger partial charge in [0.1, 0.15) is 29.8 Å². The lowest BCUT2D eigenvalue weighted by molar-refractivity contribution is -0.164. The van der Waals surface area contributed by atoms with E-state index >= 15 is 0 Å². The van der Waals surface area contributed by atoms with Gasteiger partial charge in [0.15, 0.2) is 5.17 Å². The van der Waals surface area contributed by atoms with E-state index in [-0.39, 0.29) is 12.0 Å². The van der Waals surface area contributed by atoms with Crippen LogP contribution in [0.3, 0.4) is 0 Å². The highest BCUT2D eigenvalue weighted by molar-refractivity contribution is 8.14. The summed E-state index contributed by atoms with van der Waals surface area (Å²) in [5.74, 6) is 0. The summed E-state index contributed by atoms with van der Waals surface area (Å²) in [6.07, 6.45) is -2.81. The van der Waals surface area contributed by atoms with Gasteiger partial charge in [0.25, 0.3) is 0 Å². The van der Waals surface area contributed by atoms with Gasteiger partial charge in [0.05, 0.1) is 6.61 Å². The largest absolute Gasteiger partial charge is 0.394 e. The van der Waals surface area contributed by atoms with Crippen molar-refractivity contribution in [2.45, 2.75) is 43.6 Å². The molecule has 0 spiro atoms. The van der Waals surface area contributed by atoms with Gasteiger partial charge in [-0.15, -0.1) is 0 Å². The highest BCUT2D eigenvalue weighted by atomic mass is 32.2. The van der Waals surface area contributed by atoms with E-state index in [0.717, 1.165) is 18.3 Å². The SMILES string of the molecule is CCN(CC)C1=NC2C(OC(CO)C(O)C2O)S1. The molecule has 0 aromatic heterocycles. The number of ether oxygens (including phenoxy) is 1. The Hall–Kier alpha value is -0.340. The molecule has 0 amide bonds. The third-order valence-electron chi connectivity index (χ3n) is 3.36. The second kappa shape index (κ2) is 5.75. The van der Waals surface area contributed by atoms with Gasteiger partial charge in [-0.05, 0) is 13.8 Å². The van der Waals surface area contributed by atoms with E-state index in [1.807, 2.05) is 13.8 Å². The molecule has 3 N–H and O–H groups in total. The molecule has 0 aromatic rings. The molecule has 5 atom stereocenters. The number of thioether (sulfide) groups is 1. The molecule has 6 nitrogen and oxygen atoms in total. The van der Waals surface area contributed by atoms with Gasteiger partial charge in [0.2, 0.25) is 0 Å². The monoisotopic (exact) mass is 276 g/mol. The zero-order chi connectivity index (χ0) is 13.3. The van der Waals surface area contributed by atoms with Gasteiger partial charge >= 0.3 is 0 Å². The van der Waals surface area contributed by atoms with Crippen LogP contribution in [-0.4, -0.2) is 74.9 Å². The van der Waals surface area contributed by atoms with E-state index in [1.165, 1.54) is 11.8 Å². The summed E-state index contributed by atoms with van der Waals surface area (Å²) < 4.78 is 5.57. The van der Waals surface area contributed by atoms with Crippen molar-refractivity contribution in [3.8, 4) is 0 Å². The Morgan fingerprint density at radius 1 is 1.28 bits per heavy atom. The molecule has 1 saturated heterocycles. The van der Waals surface area contributed by atoms with E-state index in [9.17, 15) is 10.2 Å². The number of hydrogen-bond donors (Lipinski definition) is 3. The molecule has 104 valence electrons. The van der Waals surface area contributed by atoms with Gasteiger partial charge < -0.3 is 25.0 Å². The molecule has 0 radical (unpaired) electrons. The first-order valence-corrected chi connectivity index (χ1v) is 7.12. The van der Waals surface area contributed by atoms with Crippen molar-refractivity contribution in [3.05, 3.63) is 0 Å². The van der Waals surface area contributed by atoms with Crippen LogP contribution in [0.5, 0.6) is 0 Å². The second-order valence-corrected chi connectivity index (χ2v) is 5.46. The Bertz CT molecular complexity index is 324. The van der Waals surface area contributed by atoms with Crippen molar-refractivity contribution in [2.24, 2.45) is 4.99 Å². The quantitative estimate of drug-likeness (QED) is 0.628. The van der Waals surface area contributed by atoms with E-state index in [2.05, 4.69) is 9.89 Å². The topological polar surface area (TPSA) is 85.5 Å². The van der Waals surface area contributed by atoms with Crippen molar-refractivity contribution in [1.82, 2.24) is 4.90 Å². The summed E-state index contributed by atoms with van der Waals surface area (Å²) in [6, 6.07) is -0.455. The minimum atomic E-state index is -1.09. The lowest BCUT2D eigenvalue weighted by Gasteiger charge is -2.37. The number of rotatable bonds is 3. The molecular weight excluding hydrogens is 256 g/mol. The highest BCUT2D eigenvalue weighted by Crippen LogP contribution is 2.37. The average Bonchev–Trinajstić information content (AvgIpc) is 2.79. The molecule has 0 bridgehead atoms. The standard InChI is InChI=1S/C11H20N2O4S/c1-3-13(4-2)11-12-7-9(16)8(15)6(5-14)17-10(7)18-11/h6-10,14-16H,3-5H2,1-2H3. The molecule has 2 rings (SSSR count). The molecule has 7 heteroatoms. The maximum absolute atomic E-state index is 10.0. The molecule has 2 aliphatic heterocycles. The van der Waals surface area contributed by atoms with Gasteiger partial charge in [-0.2, -0.15) is 0 Å². The zero-order valence-corrected chi connectivity index (χ0v) is 11.4. The van der Waals surface area contributed by atoms with Gasteiger partial charge in [-0.1, -0.05) is 11.8 Å². The van der Waals surface area contributed by atoms with E-state index < -0.39 is 24.4 Å². The van der Waals surface area contributed by atoms with Crippen LogP contribution in [0.1, 0.15) is 13.8 Å². The molecular formula is C11H20N2O4S. The fourth-order valence-electron chi connectivity index (χ4n) is 2.21. The first-order valence-electron chi connectivity index (χ1n) is 6.24. The Morgan fingerprint density at radius 2 is 1.94 bits per heavy atom. The minimum absolute atomic E-state index is 0.303. The van der Waals surface area contributed by atoms with Crippen molar-refractivity contribution in [3.63, 3.8) is 0 Å². The van der Waals surface area contributed by atoms with Crippen LogP contribution in [0.15, 0.2) is 4.99 Å². The molecule has 2 aliphatic rings. The number of amidine groups is 1. The summed E-state index contributed by atoms with van der Waals surface area (Å²) in [5, 5.41) is 29.8. The van der Waals surface area contributed by atoms with Crippen LogP contribution in [-0.2, 0) is 4.74 Å². The second-order valence-electron chi connectivity index (χ2n) is 4.40. The lowest BCUT2D eigenvalue weighted by atomic mass is 9.99. The van der Waals surface area contributed by atoms with Gasteiger partial charge in [-0.3, -0.25) is 4.99 Å². The van der Waals surface area contributed by atoms with E-state index in [1.54, 1.807) is 0 Å². The number of aliphatic imine (C=N–C) groups is 1. The smallest absolute Gasteiger partial charge is 0.162 e. The number of aliphatic hydroxyl groups excluding tert-OH is 3. The third-order valence-corrected chi connectivity index (χ3v) is 4.56. The Morgan fingerprint density at radius 3 is 2.50 bits per heavy atom. The molecule has 5 unspecified atom stereocenters. The minimum Gasteiger partial charge on any atom is -0.394 e. The molecule has 1 fully saturated rings. The van der Waals surface area contributed by atoms with Crippen molar-refractivity contribution >= 4 is 16.9 Å². The zero-order valence-electron chi connectivity index (χ0n) is 10.6. The lowest BCUT2D eigenvalue weighted by Crippen LogP contribution is -2.55. The molecule has 0 saturated carbocycles. The Kier molecular flexibility index (Phi) is 4.50. The van der Waals surface area contributed by atoms with Gasteiger partial charge in [0, 0.05) is 13.1 Å². The van der Waals surface area contributed by atoms with Gasteiger partial charge in [-0.25, -0.2) is 0 Å². The van der Waals surface area contributed by atoms with Crippen LogP contribution in [0.2, 0.25) is 0 Å². The summed E-state index contributed by atoms with van der Waals surface area (Å²) in [5.41, 5.74) is -0.323. The van der Waals surface area contributed by atoms with Crippen LogP contribution in [0, 0.1) is 0 Å². The van der Waals surface area contributed by atoms with Crippen LogP contribution >= 0.6 is 11.8 Å². The Labute approximate surface area is 111 Å². The maximum atomic E-state index is 10.0. The van der Waals surface area contributed by atoms with E-state index in [0.29, 0.717) is 0 Å². The third kappa shape index (κ3) is 2.37. The van der Waals surface area contributed by atoms with Crippen molar-refractivity contribution in [1.29, 1.82) is 0 Å². The molecule has 18 heavy (non-hydrogen) atoms. The number of nitrogens with zero attached hydrogens (tertiary/aromatic N) is 2. The normalized spacial score (nSPS) is 39.4. The maximum Gasteiger partial charge on any atom is 0.162 e. The summed E-state index contributed by atoms with van der Waals surface area (Å²) in [6.45, 7) is 5.45. The predicted molar refractivity (Wildman–Crippen MR) is 69.5 cm³/mol. The molecule has 0 aliphatic carbocycles. The fourth-order valence-corrected chi connectivity index (χ4v) is 3.57. The highest BCUT2D eigenvalue weighted by Gasteiger charge is 2.48. The Balaban J connectivity index is 2.12. The summed E-state index contributed by atoms with van der Waals surface area (Å²) in [4.78, 5) is 6.52. The van der Waals surface area contributed by atoms with Crippen molar-refractivity contribution in [2.75, 3.05) is 19.7 Å². The summed E-state index contributed by atoms with van der Waals surface area (Å²) >= 11 is 1.45. The number of aliphatic hydroxyl groups is 3. The summed E-state index contributed by atoms with van der Waals surface area (Å²) in [7, 11) is 0.